The summed E-state index contributed by atoms with van der Waals surface area (Å²) >= 11 is 2.62. The lowest BCUT2D eigenvalue weighted by Crippen LogP contribution is -2.38. The highest BCUT2D eigenvalue weighted by Crippen LogP contribution is 2.43. The molecule has 0 saturated heterocycles. The van der Waals surface area contributed by atoms with Gasteiger partial charge in [-0.2, -0.15) is 10.2 Å². The van der Waals surface area contributed by atoms with Crippen molar-refractivity contribution in [3.63, 3.8) is 0 Å². The second kappa shape index (κ2) is 15.8. The van der Waals surface area contributed by atoms with Crippen molar-refractivity contribution in [2.75, 3.05) is 0 Å². The van der Waals surface area contributed by atoms with Crippen LogP contribution in [0.15, 0.2) is 121 Å². The van der Waals surface area contributed by atoms with E-state index in [4.69, 9.17) is 9.97 Å². The Kier molecular flexibility index (Phi) is 10.6. The first-order valence-corrected chi connectivity index (χ1v) is 19.8. The van der Waals surface area contributed by atoms with E-state index in [0.29, 0.717) is 21.4 Å². The lowest BCUT2D eigenvalue weighted by atomic mass is 9.82. The normalized spacial score (nSPS) is 14.8. The summed E-state index contributed by atoms with van der Waals surface area (Å²) < 4.78 is 61.6. The number of nitrogens with zero attached hydrogens (tertiary/aromatic N) is 8. The zero-order chi connectivity index (χ0) is 40.6. The van der Waals surface area contributed by atoms with E-state index in [2.05, 4.69) is 20.2 Å². The zero-order valence-electron chi connectivity index (χ0n) is 30.9. The van der Waals surface area contributed by atoms with Crippen LogP contribution in [-0.2, 0) is 24.3 Å². The van der Waals surface area contributed by atoms with Crippen LogP contribution in [0.5, 0.6) is 0 Å². The van der Waals surface area contributed by atoms with Gasteiger partial charge in [-0.25, -0.2) is 46.9 Å². The van der Waals surface area contributed by atoms with Gasteiger partial charge < -0.3 is 10.2 Å². The number of thiazole rings is 2. The first-order valence-electron chi connectivity index (χ1n) is 18.0. The van der Waals surface area contributed by atoms with Gasteiger partial charge in [-0.05, 0) is 47.5 Å². The number of hydrogen-bond donors (Lipinski definition) is 2. The van der Waals surface area contributed by atoms with E-state index in [1.54, 1.807) is 13.8 Å². The zero-order valence-corrected chi connectivity index (χ0v) is 32.5. The molecule has 8 aromatic rings. The minimum Gasteiger partial charge on any atom is -0.382 e. The Morgan fingerprint density at radius 2 is 0.948 bits per heavy atom. The summed E-state index contributed by atoms with van der Waals surface area (Å²) in [6.45, 7) is 3.09. The molecule has 0 aliphatic heterocycles. The van der Waals surface area contributed by atoms with E-state index < -0.39 is 46.3 Å². The van der Waals surface area contributed by atoms with E-state index in [-0.39, 0.29) is 24.2 Å². The second-order valence-corrected chi connectivity index (χ2v) is 15.8. The third-order valence-corrected chi connectivity index (χ3v) is 12.5. The van der Waals surface area contributed by atoms with Gasteiger partial charge in [-0.15, -0.1) is 22.7 Å². The SMILES string of the molecule is C[C@@H](c1nc(-c2ccc(-c3ccc(-c4csc([C@H](C)[C@](O)(Cn5cncn5)c5cc(F)ccc5F)n4)cc3)cc2)cs1)[C@](O)(Cn1cncn1)c1cc(F)ccc1F. The van der Waals surface area contributed by atoms with Gasteiger partial charge in [0.15, 0.2) is 0 Å². The third kappa shape index (κ3) is 7.58. The van der Waals surface area contributed by atoms with Crippen molar-refractivity contribution in [2.45, 2.75) is 50.0 Å². The summed E-state index contributed by atoms with van der Waals surface area (Å²) in [5, 5.41) is 36.9. The fraction of sp³-hybridized carbons (Fsp3) is 0.190. The summed E-state index contributed by atoms with van der Waals surface area (Å²) in [4.78, 5) is 17.5. The summed E-state index contributed by atoms with van der Waals surface area (Å²) in [5.41, 5.74) is 0.707. The Bertz CT molecular complexity index is 2470. The minimum absolute atomic E-state index is 0.175. The van der Waals surface area contributed by atoms with E-state index in [9.17, 15) is 19.0 Å². The highest BCUT2D eigenvalue weighted by Gasteiger charge is 2.43. The van der Waals surface area contributed by atoms with Gasteiger partial charge in [0.2, 0.25) is 0 Å². The van der Waals surface area contributed by atoms with Crippen molar-refractivity contribution in [3.8, 4) is 33.6 Å². The number of halogens is 4. The molecule has 58 heavy (non-hydrogen) atoms. The van der Waals surface area contributed by atoms with Crippen LogP contribution in [0.25, 0.3) is 33.6 Å². The molecule has 10 nitrogen and oxygen atoms in total. The van der Waals surface area contributed by atoms with Crippen molar-refractivity contribution in [3.05, 3.63) is 165 Å². The highest BCUT2D eigenvalue weighted by atomic mass is 32.1. The van der Waals surface area contributed by atoms with Crippen LogP contribution in [0.2, 0.25) is 0 Å². The Morgan fingerprint density at radius 1 is 0.569 bits per heavy atom. The molecule has 0 spiro atoms. The van der Waals surface area contributed by atoms with Crippen molar-refractivity contribution in [2.24, 2.45) is 0 Å². The largest absolute Gasteiger partial charge is 0.382 e. The third-order valence-electron chi connectivity index (χ3n) is 10.4. The Hall–Kier alpha value is -5.94. The predicted octanol–water partition coefficient (Wildman–Crippen LogP) is 8.72. The molecule has 0 unspecified atom stereocenters. The fourth-order valence-corrected chi connectivity index (χ4v) is 8.95. The van der Waals surface area contributed by atoms with Crippen LogP contribution in [0.4, 0.5) is 17.6 Å². The number of aromatic nitrogens is 8. The maximum Gasteiger partial charge on any atom is 0.137 e. The van der Waals surface area contributed by atoms with Crippen molar-refractivity contribution in [1.82, 2.24) is 39.5 Å². The highest BCUT2D eigenvalue weighted by molar-refractivity contribution is 7.10. The molecule has 294 valence electrons. The quantitative estimate of drug-likeness (QED) is 0.111. The molecule has 8 rings (SSSR count). The van der Waals surface area contributed by atoms with Crippen LogP contribution in [-0.4, -0.2) is 49.7 Å². The van der Waals surface area contributed by atoms with E-state index in [1.807, 2.05) is 59.3 Å². The van der Waals surface area contributed by atoms with Crippen molar-refractivity contribution < 1.29 is 27.8 Å². The predicted molar refractivity (Wildman–Crippen MR) is 211 cm³/mol. The van der Waals surface area contributed by atoms with Gasteiger partial charge in [-0.1, -0.05) is 62.4 Å². The molecular formula is C42H34F4N8O2S2. The maximum absolute atomic E-state index is 15.1. The Morgan fingerprint density at radius 3 is 1.31 bits per heavy atom. The maximum atomic E-state index is 15.1. The summed E-state index contributed by atoms with van der Waals surface area (Å²) in [6.07, 6.45) is 5.41. The molecule has 4 atom stereocenters. The molecule has 0 fully saturated rings. The molecule has 0 saturated carbocycles. The molecule has 0 aliphatic rings. The minimum atomic E-state index is -1.90. The van der Waals surface area contributed by atoms with Crippen LogP contribution < -0.4 is 0 Å². The summed E-state index contributed by atoms with van der Waals surface area (Å²) in [7, 11) is 0. The summed E-state index contributed by atoms with van der Waals surface area (Å²) in [5.74, 6) is -4.33. The van der Waals surface area contributed by atoms with Crippen LogP contribution in [0.3, 0.4) is 0 Å². The van der Waals surface area contributed by atoms with E-state index >= 15 is 8.78 Å². The second-order valence-electron chi connectivity index (χ2n) is 14.0. The molecular weight excluding hydrogens is 789 g/mol. The van der Waals surface area contributed by atoms with Crippen molar-refractivity contribution >= 4 is 22.7 Å². The van der Waals surface area contributed by atoms with E-state index in [1.165, 1.54) is 57.3 Å². The molecule has 16 heteroatoms. The number of benzene rings is 4. The molecule has 0 amide bonds. The Labute approximate surface area is 337 Å². The van der Waals surface area contributed by atoms with Gasteiger partial charge >= 0.3 is 0 Å². The van der Waals surface area contributed by atoms with Gasteiger partial charge in [0.1, 0.15) is 59.8 Å². The first-order chi connectivity index (χ1) is 27.9. The van der Waals surface area contributed by atoms with Gasteiger partial charge in [0, 0.05) is 44.8 Å². The average molecular weight is 823 g/mol. The average Bonchev–Trinajstić information content (AvgIpc) is 4.09. The topological polar surface area (TPSA) is 128 Å². The molecule has 4 aromatic carbocycles. The Balaban J connectivity index is 0.995. The number of aliphatic hydroxyl groups is 2. The number of hydrogen-bond acceptors (Lipinski definition) is 10. The summed E-state index contributed by atoms with van der Waals surface area (Å²) in [6, 6.07) is 21.7. The van der Waals surface area contributed by atoms with Crippen molar-refractivity contribution in [1.29, 1.82) is 0 Å². The molecule has 2 N–H and O–H groups in total. The molecule has 4 heterocycles. The molecule has 0 aliphatic carbocycles. The van der Waals surface area contributed by atoms with Crippen LogP contribution in [0, 0.1) is 23.3 Å². The molecule has 0 bridgehead atoms. The van der Waals surface area contributed by atoms with Gasteiger partial charge in [0.05, 0.1) is 34.5 Å². The van der Waals surface area contributed by atoms with Crippen LogP contribution in [0.1, 0.15) is 46.8 Å². The van der Waals surface area contributed by atoms with Gasteiger partial charge in [-0.3, -0.25) is 0 Å². The molecule has 0 radical (unpaired) electrons. The van der Waals surface area contributed by atoms with E-state index in [0.717, 1.165) is 58.7 Å². The lowest BCUT2D eigenvalue weighted by Gasteiger charge is -2.33. The number of rotatable bonds is 13. The standard InChI is InChI=1S/C42H34F4N8O2S2/c1-25(41(55,19-53-23-47-21-49-53)33-15-31(43)11-13-35(33)45)39-51-37(17-57-39)29-7-3-27(4-8-29)28-5-9-30(10-6-28)38-18-58-40(52-38)26(2)42(56,20-54-24-48-22-50-54)34-16-32(44)12-14-36(34)46/h3-18,21-26,55-56H,19-20H2,1-2H3/t25-,26-,41+,42+/m0/s1. The smallest absolute Gasteiger partial charge is 0.137 e. The first kappa shape index (κ1) is 38.9. The lowest BCUT2D eigenvalue weighted by molar-refractivity contribution is -0.0117. The molecule has 4 aromatic heterocycles. The van der Waals surface area contributed by atoms with Gasteiger partial charge in [0.25, 0.3) is 0 Å². The fourth-order valence-electron chi connectivity index (χ4n) is 7.01. The van der Waals surface area contributed by atoms with Crippen LogP contribution >= 0.6 is 22.7 Å². The monoisotopic (exact) mass is 822 g/mol.